The molecular formula is C14H15N3O2. The van der Waals surface area contributed by atoms with Crippen molar-refractivity contribution in [3.63, 3.8) is 0 Å². The van der Waals surface area contributed by atoms with Crippen molar-refractivity contribution in [2.24, 2.45) is 0 Å². The molecule has 98 valence electrons. The van der Waals surface area contributed by atoms with E-state index in [0.29, 0.717) is 23.7 Å². The first-order chi connectivity index (χ1) is 9.24. The van der Waals surface area contributed by atoms with E-state index in [1.165, 1.54) is 0 Å². The molecule has 0 aliphatic heterocycles. The maximum atomic E-state index is 8.82. The van der Waals surface area contributed by atoms with Crippen LogP contribution in [0.4, 0.5) is 0 Å². The minimum absolute atomic E-state index is 0.513. The van der Waals surface area contributed by atoms with E-state index in [1.807, 2.05) is 17.7 Å². The van der Waals surface area contributed by atoms with Gasteiger partial charge >= 0.3 is 0 Å². The number of aryl methyl sites for hydroxylation is 1. The molecule has 0 aliphatic rings. The highest BCUT2D eigenvalue weighted by Crippen LogP contribution is 2.27. The lowest BCUT2D eigenvalue weighted by atomic mass is 10.2. The Hall–Kier alpha value is -2.48. The molecule has 5 heteroatoms. The Bertz CT molecular complexity index is 599. The second kappa shape index (κ2) is 5.91. The molecule has 2 aromatic rings. The highest BCUT2D eigenvalue weighted by Gasteiger charge is 2.06. The molecule has 1 aromatic heterocycles. The molecule has 19 heavy (non-hydrogen) atoms. The van der Waals surface area contributed by atoms with Gasteiger partial charge in [0.2, 0.25) is 0 Å². The van der Waals surface area contributed by atoms with Gasteiger partial charge in [0.05, 0.1) is 25.3 Å². The van der Waals surface area contributed by atoms with Gasteiger partial charge in [0.1, 0.15) is 12.4 Å². The lowest BCUT2D eigenvalue weighted by Crippen LogP contribution is -2.09. The molecule has 1 heterocycles. The van der Waals surface area contributed by atoms with Gasteiger partial charge in [-0.25, -0.2) is 4.98 Å². The van der Waals surface area contributed by atoms with E-state index < -0.39 is 0 Å². The molecule has 0 radical (unpaired) electrons. The molecule has 1 aromatic carbocycles. The molecule has 0 atom stereocenters. The van der Waals surface area contributed by atoms with E-state index in [0.717, 1.165) is 12.4 Å². The summed E-state index contributed by atoms with van der Waals surface area (Å²) in [7, 11) is 1.56. The van der Waals surface area contributed by atoms with Crippen LogP contribution in [0.5, 0.6) is 11.5 Å². The highest BCUT2D eigenvalue weighted by atomic mass is 16.5. The van der Waals surface area contributed by atoms with Gasteiger partial charge < -0.3 is 14.0 Å². The third kappa shape index (κ3) is 3.05. The van der Waals surface area contributed by atoms with Gasteiger partial charge in [-0.2, -0.15) is 5.26 Å². The molecule has 5 nitrogen and oxygen atoms in total. The minimum atomic E-state index is 0.513. The first kappa shape index (κ1) is 13.0. The van der Waals surface area contributed by atoms with E-state index in [2.05, 4.69) is 11.1 Å². The fraction of sp³-hybridized carbons (Fsp3) is 0.286. The lowest BCUT2D eigenvalue weighted by Gasteiger charge is -2.11. The van der Waals surface area contributed by atoms with Crippen LogP contribution in [0, 0.1) is 18.3 Å². The van der Waals surface area contributed by atoms with Gasteiger partial charge in [0, 0.05) is 18.5 Å². The van der Waals surface area contributed by atoms with Crippen LogP contribution < -0.4 is 9.47 Å². The summed E-state index contributed by atoms with van der Waals surface area (Å²) in [5.41, 5.74) is 0.551. The van der Waals surface area contributed by atoms with E-state index in [-0.39, 0.29) is 0 Å². The number of nitrogens with zero attached hydrogens (tertiary/aromatic N) is 3. The maximum Gasteiger partial charge on any atom is 0.162 e. The van der Waals surface area contributed by atoms with Crippen LogP contribution in [-0.4, -0.2) is 23.3 Å². The van der Waals surface area contributed by atoms with Gasteiger partial charge in [-0.1, -0.05) is 0 Å². The van der Waals surface area contributed by atoms with E-state index >= 15 is 0 Å². The second-order valence-electron chi connectivity index (χ2n) is 3.99. The minimum Gasteiger partial charge on any atom is -0.493 e. The van der Waals surface area contributed by atoms with Gasteiger partial charge in [-0.3, -0.25) is 0 Å². The zero-order chi connectivity index (χ0) is 13.7. The van der Waals surface area contributed by atoms with Crippen molar-refractivity contribution in [1.29, 1.82) is 5.26 Å². The van der Waals surface area contributed by atoms with Crippen molar-refractivity contribution in [2.75, 3.05) is 13.7 Å². The van der Waals surface area contributed by atoms with Gasteiger partial charge in [-0.15, -0.1) is 0 Å². The number of imidazole rings is 1. The predicted octanol–water partition coefficient (Wildman–Crippen LogP) is 2.15. The van der Waals surface area contributed by atoms with Crippen LogP contribution >= 0.6 is 0 Å². The highest BCUT2D eigenvalue weighted by molar-refractivity contribution is 5.46. The van der Waals surface area contributed by atoms with Crippen molar-refractivity contribution < 1.29 is 9.47 Å². The average molecular weight is 257 g/mol. The third-order valence-electron chi connectivity index (χ3n) is 2.81. The van der Waals surface area contributed by atoms with Crippen molar-refractivity contribution in [3.05, 3.63) is 42.0 Å². The normalized spacial score (nSPS) is 9.95. The molecule has 0 bridgehead atoms. The van der Waals surface area contributed by atoms with Crippen LogP contribution in [0.15, 0.2) is 30.6 Å². The number of hydrogen-bond acceptors (Lipinski definition) is 4. The number of benzene rings is 1. The summed E-state index contributed by atoms with van der Waals surface area (Å²) < 4.78 is 12.9. The Morgan fingerprint density at radius 3 is 2.84 bits per heavy atom. The Morgan fingerprint density at radius 1 is 1.37 bits per heavy atom. The molecule has 0 saturated heterocycles. The standard InChI is InChI=1S/C14H15N3O2/c1-11-16-5-6-17(11)7-8-19-13-4-3-12(10-15)9-14(13)18-2/h3-6,9H,7-8H2,1-2H3. The summed E-state index contributed by atoms with van der Waals surface area (Å²) in [5, 5.41) is 8.82. The van der Waals surface area contributed by atoms with Crippen LogP contribution in [0.2, 0.25) is 0 Å². The zero-order valence-electron chi connectivity index (χ0n) is 11.0. The van der Waals surface area contributed by atoms with Crippen LogP contribution in [-0.2, 0) is 6.54 Å². The van der Waals surface area contributed by atoms with Crippen molar-refractivity contribution in [1.82, 2.24) is 9.55 Å². The molecule has 0 aliphatic carbocycles. The largest absolute Gasteiger partial charge is 0.493 e. The molecule has 0 N–H and O–H groups in total. The first-order valence-corrected chi connectivity index (χ1v) is 5.93. The zero-order valence-corrected chi connectivity index (χ0v) is 11.0. The average Bonchev–Trinajstić information content (AvgIpc) is 2.84. The second-order valence-corrected chi connectivity index (χ2v) is 3.99. The number of nitriles is 1. The monoisotopic (exact) mass is 257 g/mol. The quantitative estimate of drug-likeness (QED) is 0.823. The summed E-state index contributed by atoms with van der Waals surface area (Å²) in [6.07, 6.45) is 3.67. The Labute approximate surface area is 112 Å². The SMILES string of the molecule is COc1cc(C#N)ccc1OCCn1ccnc1C. The fourth-order valence-electron chi connectivity index (χ4n) is 1.75. The third-order valence-corrected chi connectivity index (χ3v) is 2.81. The van der Waals surface area contributed by atoms with E-state index in [4.69, 9.17) is 14.7 Å². The predicted molar refractivity (Wildman–Crippen MR) is 70.2 cm³/mol. The smallest absolute Gasteiger partial charge is 0.162 e. The Morgan fingerprint density at radius 2 is 2.21 bits per heavy atom. The molecule has 0 spiro atoms. The lowest BCUT2D eigenvalue weighted by molar-refractivity contribution is 0.278. The van der Waals surface area contributed by atoms with Gasteiger partial charge in [0.25, 0.3) is 0 Å². The van der Waals surface area contributed by atoms with Crippen molar-refractivity contribution in [3.8, 4) is 17.6 Å². The molecule has 0 unspecified atom stereocenters. The fourth-order valence-corrected chi connectivity index (χ4v) is 1.75. The molecular weight excluding hydrogens is 242 g/mol. The molecule has 2 rings (SSSR count). The maximum absolute atomic E-state index is 8.82. The summed E-state index contributed by atoms with van der Waals surface area (Å²) in [5.74, 6) is 2.16. The van der Waals surface area contributed by atoms with Crippen molar-refractivity contribution >= 4 is 0 Å². The van der Waals surface area contributed by atoms with Gasteiger partial charge in [-0.05, 0) is 19.1 Å². The van der Waals surface area contributed by atoms with Gasteiger partial charge in [0.15, 0.2) is 11.5 Å². The van der Waals surface area contributed by atoms with Crippen LogP contribution in [0.1, 0.15) is 11.4 Å². The number of hydrogen-bond donors (Lipinski definition) is 0. The number of aromatic nitrogens is 2. The van der Waals surface area contributed by atoms with Crippen LogP contribution in [0.3, 0.4) is 0 Å². The van der Waals surface area contributed by atoms with Crippen LogP contribution in [0.25, 0.3) is 0 Å². The topological polar surface area (TPSA) is 60.1 Å². The summed E-state index contributed by atoms with van der Waals surface area (Å²) in [4.78, 5) is 4.15. The van der Waals surface area contributed by atoms with E-state index in [1.54, 1.807) is 31.5 Å². The van der Waals surface area contributed by atoms with Crippen molar-refractivity contribution in [2.45, 2.75) is 13.5 Å². The number of methoxy groups -OCH3 is 1. The number of ether oxygens (including phenoxy) is 2. The summed E-state index contributed by atoms with van der Waals surface area (Å²) in [6, 6.07) is 7.19. The summed E-state index contributed by atoms with van der Waals surface area (Å²) >= 11 is 0. The molecule has 0 amide bonds. The Kier molecular flexibility index (Phi) is 4.04. The van der Waals surface area contributed by atoms with E-state index in [9.17, 15) is 0 Å². The number of rotatable bonds is 5. The molecule has 0 saturated carbocycles. The molecule has 0 fully saturated rings. The summed E-state index contributed by atoms with van der Waals surface area (Å²) in [6.45, 7) is 3.18. The Balaban J connectivity index is 2.00. The first-order valence-electron chi connectivity index (χ1n) is 5.93.